The van der Waals surface area contributed by atoms with E-state index in [-0.39, 0.29) is 5.91 Å². The van der Waals surface area contributed by atoms with Crippen LogP contribution in [-0.2, 0) is 10.5 Å². The van der Waals surface area contributed by atoms with Crippen molar-refractivity contribution >= 4 is 29.3 Å². The summed E-state index contributed by atoms with van der Waals surface area (Å²) in [6.45, 7) is 12.5. The van der Waals surface area contributed by atoms with Crippen molar-refractivity contribution in [3.63, 3.8) is 0 Å². The van der Waals surface area contributed by atoms with E-state index in [9.17, 15) is 4.79 Å². The molecule has 1 aliphatic heterocycles. The van der Waals surface area contributed by atoms with E-state index in [0.29, 0.717) is 22.6 Å². The van der Waals surface area contributed by atoms with E-state index in [1.54, 1.807) is 11.8 Å². The molecule has 4 aromatic rings. The van der Waals surface area contributed by atoms with Gasteiger partial charge in [-0.2, -0.15) is 4.98 Å². The van der Waals surface area contributed by atoms with Crippen LogP contribution in [0.5, 0.6) is 0 Å². The summed E-state index contributed by atoms with van der Waals surface area (Å²) in [4.78, 5) is 18.6. The first-order valence-corrected chi connectivity index (χ1v) is 14.3. The third-order valence-electron chi connectivity index (χ3n) is 7.25. The maximum Gasteiger partial charge on any atom is 0.255 e. The van der Waals surface area contributed by atoms with Crippen LogP contribution in [0.1, 0.15) is 66.1 Å². The van der Waals surface area contributed by atoms with Crippen molar-refractivity contribution in [3.05, 3.63) is 111 Å². The topological polar surface area (TPSA) is 71.8 Å². The second-order valence-electron chi connectivity index (χ2n) is 10.5. The third kappa shape index (κ3) is 5.64. The number of nitrogens with one attached hydrogen (secondary N) is 2. The number of carbonyl (C=O) groups is 1. The second kappa shape index (κ2) is 11.1. The molecule has 1 aromatic heterocycles. The van der Waals surface area contributed by atoms with Gasteiger partial charge in [-0.15, -0.1) is 5.10 Å². The fourth-order valence-electron chi connectivity index (χ4n) is 4.86. The predicted molar refractivity (Wildman–Crippen MR) is 160 cm³/mol. The van der Waals surface area contributed by atoms with Gasteiger partial charge in [0.25, 0.3) is 5.91 Å². The van der Waals surface area contributed by atoms with E-state index in [0.717, 1.165) is 28.3 Å². The molecule has 0 unspecified atom stereocenters. The number of nitrogens with zero attached hydrogens (tertiary/aromatic N) is 3. The number of hydrogen-bond donors (Lipinski definition) is 2. The Balaban J connectivity index is 1.51. The minimum absolute atomic E-state index is 0.155. The number of amides is 1. The highest BCUT2D eigenvalue weighted by atomic mass is 32.2. The predicted octanol–water partition coefficient (Wildman–Crippen LogP) is 7.55. The van der Waals surface area contributed by atoms with E-state index in [1.807, 2.05) is 42.8 Å². The maximum atomic E-state index is 13.8. The molecule has 0 fully saturated rings. The van der Waals surface area contributed by atoms with Crippen molar-refractivity contribution in [1.82, 2.24) is 14.8 Å². The molecule has 1 aliphatic rings. The van der Waals surface area contributed by atoms with Crippen molar-refractivity contribution < 1.29 is 4.79 Å². The van der Waals surface area contributed by atoms with Gasteiger partial charge in [0.1, 0.15) is 6.04 Å². The van der Waals surface area contributed by atoms with Crippen molar-refractivity contribution in [2.45, 2.75) is 64.4 Å². The lowest BCUT2D eigenvalue weighted by molar-refractivity contribution is -0.113. The first-order valence-electron chi connectivity index (χ1n) is 13.3. The number of aryl methyl sites for hydroxylation is 3. The number of para-hydroxylation sites is 1. The highest BCUT2D eigenvalue weighted by molar-refractivity contribution is 7.98. The van der Waals surface area contributed by atoms with Gasteiger partial charge in [-0.05, 0) is 67.5 Å². The quantitative estimate of drug-likeness (QED) is 0.238. The number of benzene rings is 3. The highest BCUT2D eigenvalue weighted by Crippen LogP contribution is 2.37. The molecule has 0 spiro atoms. The van der Waals surface area contributed by atoms with Crippen LogP contribution in [0.4, 0.5) is 11.6 Å². The van der Waals surface area contributed by atoms with Gasteiger partial charge in [0.05, 0.1) is 5.57 Å². The number of aromatic nitrogens is 3. The standard InChI is InChI=1S/C32H35N5OS/c1-19(2)24-13-15-25(16-14-24)29-28(30(38)34-27-10-8-7-9-22(27)5)23(6)33-31-35-32(36-37(29)31)39-18-26-17-20(3)11-12-21(26)4/h7-17,19,29H,18H2,1-6H3,(H,34,38)(H,33,35,36)/t29-/m1/s1. The van der Waals surface area contributed by atoms with Crippen LogP contribution in [0.2, 0.25) is 0 Å². The lowest BCUT2D eigenvalue weighted by Gasteiger charge is -2.29. The molecule has 0 bridgehead atoms. The van der Waals surface area contributed by atoms with Gasteiger partial charge in [0.2, 0.25) is 11.1 Å². The molecule has 5 rings (SSSR count). The Morgan fingerprint density at radius 3 is 2.46 bits per heavy atom. The summed E-state index contributed by atoms with van der Waals surface area (Å²) in [5.41, 5.74) is 9.21. The summed E-state index contributed by atoms with van der Waals surface area (Å²) >= 11 is 1.61. The summed E-state index contributed by atoms with van der Waals surface area (Å²) in [5.74, 6) is 1.68. The summed E-state index contributed by atoms with van der Waals surface area (Å²) in [5, 5.41) is 12.1. The van der Waals surface area contributed by atoms with E-state index >= 15 is 0 Å². The molecule has 0 radical (unpaired) electrons. The van der Waals surface area contributed by atoms with Crippen LogP contribution in [0.25, 0.3) is 0 Å². The molecule has 6 nitrogen and oxygen atoms in total. The minimum Gasteiger partial charge on any atom is -0.328 e. The fraction of sp³-hybridized carbons (Fsp3) is 0.281. The smallest absolute Gasteiger partial charge is 0.255 e. The molecular weight excluding hydrogens is 502 g/mol. The van der Waals surface area contributed by atoms with Crippen molar-refractivity contribution in [1.29, 1.82) is 0 Å². The first-order chi connectivity index (χ1) is 18.7. The van der Waals surface area contributed by atoms with Crippen LogP contribution in [-0.4, -0.2) is 20.7 Å². The largest absolute Gasteiger partial charge is 0.328 e. The highest BCUT2D eigenvalue weighted by Gasteiger charge is 2.34. The average molecular weight is 538 g/mol. The van der Waals surface area contributed by atoms with Gasteiger partial charge in [-0.3, -0.25) is 4.79 Å². The van der Waals surface area contributed by atoms with Crippen LogP contribution >= 0.6 is 11.8 Å². The molecule has 2 heterocycles. The van der Waals surface area contributed by atoms with Crippen molar-refractivity contribution in [2.75, 3.05) is 10.6 Å². The number of anilines is 2. The summed E-state index contributed by atoms with van der Waals surface area (Å²) < 4.78 is 1.86. The lowest BCUT2D eigenvalue weighted by atomic mass is 9.92. The van der Waals surface area contributed by atoms with Gasteiger partial charge < -0.3 is 10.6 Å². The second-order valence-corrected chi connectivity index (χ2v) is 11.5. The number of fused-ring (bicyclic) bond motifs is 1. The summed E-state index contributed by atoms with van der Waals surface area (Å²) in [7, 11) is 0. The Morgan fingerprint density at radius 2 is 1.74 bits per heavy atom. The van der Waals surface area contributed by atoms with Crippen molar-refractivity contribution in [2.24, 2.45) is 0 Å². The van der Waals surface area contributed by atoms with E-state index < -0.39 is 6.04 Å². The Kier molecular flexibility index (Phi) is 7.62. The number of carbonyl (C=O) groups excluding carboxylic acids is 1. The lowest BCUT2D eigenvalue weighted by Crippen LogP contribution is -2.31. The van der Waals surface area contributed by atoms with Gasteiger partial charge in [0.15, 0.2) is 0 Å². The van der Waals surface area contributed by atoms with E-state index in [2.05, 4.69) is 80.8 Å². The maximum absolute atomic E-state index is 13.8. The molecule has 7 heteroatoms. The van der Waals surface area contributed by atoms with Gasteiger partial charge in [-0.25, -0.2) is 4.68 Å². The molecule has 0 saturated carbocycles. The molecule has 200 valence electrons. The Labute approximate surface area is 234 Å². The average Bonchev–Trinajstić information content (AvgIpc) is 3.32. The molecule has 1 atom stereocenters. The van der Waals surface area contributed by atoms with Gasteiger partial charge in [-0.1, -0.05) is 91.8 Å². The monoisotopic (exact) mass is 537 g/mol. The van der Waals surface area contributed by atoms with Crippen LogP contribution in [0.15, 0.2) is 83.2 Å². The van der Waals surface area contributed by atoms with Crippen LogP contribution in [0, 0.1) is 20.8 Å². The van der Waals surface area contributed by atoms with Gasteiger partial charge >= 0.3 is 0 Å². The first kappa shape index (κ1) is 26.8. The molecule has 3 aromatic carbocycles. The van der Waals surface area contributed by atoms with Crippen LogP contribution in [0.3, 0.4) is 0 Å². The van der Waals surface area contributed by atoms with E-state index in [4.69, 9.17) is 10.1 Å². The third-order valence-corrected chi connectivity index (χ3v) is 8.14. The summed E-state index contributed by atoms with van der Waals surface area (Å²) in [6, 6.07) is 22.4. The number of rotatable bonds is 7. The molecule has 0 saturated heterocycles. The normalized spacial score (nSPS) is 14.8. The zero-order chi connectivity index (χ0) is 27.7. The fourth-order valence-corrected chi connectivity index (χ4v) is 5.75. The molecule has 2 N–H and O–H groups in total. The number of thioether (sulfide) groups is 1. The van der Waals surface area contributed by atoms with E-state index in [1.165, 1.54) is 22.3 Å². The SMILES string of the molecule is CC1=C(C(=O)Nc2ccccc2C)[C@@H](c2ccc(C(C)C)cc2)n2nc(SCc3cc(C)ccc3C)nc2N1. The van der Waals surface area contributed by atoms with Crippen molar-refractivity contribution in [3.8, 4) is 0 Å². The molecule has 39 heavy (non-hydrogen) atoms. The van der Waals surface area contributed by atoms with Crippen LogP contribution < -0.4 is 10.6 Å². The number of hydrogen-bond acceptors (Lipinski definition) is 5. The Hall–Kier alpha value is -3.84. The summed E-state index contributed by atoms with van der Waals surface area (Å²) in [6.07, 6.45) is 0. The molecule has 0 aliphatic carbocycles. The molecule has 1 amide bonds. The minimum atomic E-state index is -0.408. The zero-order valence-electron chi connectivity index (χ0n) is 23.4. The Morgan fingerprint density at radius 1 is 1.00 bits per heavy atom. The Bertz CT molecular complexity index is 1550. The molecular formula is C32H35N5OS. The zero-order valence-corrected chi connectivity index (χ0v) is 24.2. The number of allylic oxidation sites excluding steroid dienone is 1. The van der Waals surface area contributed by atoms with Gasteiger partial charge in [0, 0.05) is 17.1 Å².